The summed E-state index contributed by atoms with van der Waals surface area (Å²) in [7, 11) is 0. The molecule has 0 N–H and O–H groups in total. The number of fused-ring (bicyclic) bond motifs is 2. The van der Waals surface area contributed by atoms with Gasteiger partial charge in [0, 0.05) is 24.3 Å². The summed E-state index contributed by atoms with van der Waals surface area (Å²) in [5, 5.41) is 2.39. The van der Waals surface area contributed by atoms with Crippen molar-refractivity contribution in [3.8, 4) is 0 Å². The van der Waals surface area contributed by atoms with Gasteiger partial charge in [0.25, 0.3) is 0 Å². The molecule has 2 aliphatic rings. The largest absolute Gasteiger partial charge is 0.372 e. The van der Waals surface area contributed by atoms with Gasteiger partial charge in [0.15, 0.2) is 5.78 Å². The third kappa shape index (κ3) is 2.05. The Hall–Kier alpha value is -1.83. The fourth-order valence-electron chi connectivity index (χ4n) is 4.02. The highest BCUT2D eigenvalue weighted by Crippen LogP contribution is 2.35. The van der Waals surface area contributed by atoms with Gasteiger partial charge in [-0.15, -0.1) is 0 Å². The van der Waals surface area contributed by atoms with Crippen LogP contribution in [-0.4, -0.2) is 18.9 Å². The van der Waals surface area contributed by atoms with Crippen molar-refractivity contribution >= 4 is 22.2 Å². The minimum atomic E-state index is 0.220. The van der Waals surface area contributed by atoms with Crippen molar-refractivity contribution in [2.24, 2.45) is 0 Å². The van der Waals surface area contributed by atoms with Crippen LogP contribution in [0.25, 0.3) is 10.8 Å². The lowest BCUT2D eigenvalue weighted by atomic mass is 9.93. The molecule has 0 amide bonds. The maximum absolute atomic E-state index is 12.2. The number of benzene rings is 2. The molecule has 0 saturated carbocycles. The topological polar surface area (TPSA) is 20.3 Å². The Morgan fingerprint density at radius 2 is 1.86 bits per heavy atom. The molecule has 4 rings (SSSR count). The average Bonchev–Trinajstić information content (AvgIpc) is 3.14. The molecule has 2 aromatic carbocycles. The molecule has 1 saturated heterocycles. The van der Waals surface area contributed by atoms with Crippen LogP contribution in [-0.2, 0) is 12.8 Å². The number of carbonyl (C=O) groups excluding carboxylic acids is 1. The standard InChI is InChI=1S/C19H21NO/c1-13(21)19-17-6-4-5-14(17)11-15-7-8-16(12-18(15)19)20-9-2-3-10-20/h7-8,11-12H,2-6,9-10H2,1H3. The van der Waals surface area contributed by atoms with E-state index in [-0.39, 0.29) is 5.78 Å². The minimum Gasteiger partial charge on any atom is -0.372 e. The molecule has 1 heterocycles. The van der Waals surface area contributed by atoms with E-state index in [1.54, 1.807) is 6.92 Å². The Bertz CT molecular complexity index is 726. The van der Waals surface area contributed by atoms with Crippen molar-refractivity contribution in [1.82, 2.24) is 0 Å². The van der Waals surface area contributed by atoms with Crippen LogP contribution in [0.3, 0.4) is 0 Å². The molecule has 2 heteroatoms. The van der Waals surface area contributed by atoms with Gasteiger partial charge in [-0.3, -0.25) is 4.79 Å². The lowest BCUT2D eigenvalue weighted by Gasteiger charge is -2.19. The van der Waals surface area contributed by atoms with Gasteiger partial charge < -0.3 is 4.90 Å². The van der Waals surface area contributed by atoms with Crippen molar-refractivity contribution in [1.29, 1.82) is 0 Å². The van der Waals surface area contributed by atoms with Crippen LogP contribution >= 0.6 is 0 Å². The van der Waals surface area contributed by atoms with Crippen LogP contribution in [0.15, 0.2) is 24.3 Å². The van der Waals surface area contributed by atoms with Gasteiger partial charge in [-0.1, -0.05) is 12.1 Å². The summed E-state index contributed by atoms with van der Waals surface area (Å²) in [5.74, 6) is 0.220. The molecule has 1 aliphatic heterocycles. The fourth-order valence-corrected chi connectivity index (χ4v) is 4.02. The first-order valence-electron chi connectivity index (χ1n) is 8.08. The van der Waals surface area contributed by atoms with E-state index in [0.29, 0.717) is 0 Å². The highest BCUT2D eigenvalue weighted by Gasteiger charge is 2.21. The molecular weight excluding hydrogens is 258 g/mol. The van der Waals surface area contributed by atoms with E-state index in [1.165, 1.54) is 41.5 Å². The summed E-state index contributed by atoms with van der Waals surface area (Å²) in [6.07, 6.45) is 5.93. The second kappa shape index (κ2) is 4.87. The third-order valence-corrected chi connectivity index (χ3v) is 5.02. The molecule has 0 aromatic heterocycles. The number of anilines is 1. The van der Waals surface area contributed by atoms with Crippen molar-refractivity contribution in [3.63, 3.8) is 0 Å². The van der Waals surface area contributed by atoms with E-state index >= 15 is 0 Å². The van der Waals surface area contributed by atoms with E-state index in [2.05, 4.69) is 29.2 Å². The van der Waals surface area contributed by atoms with Gasteiger partial charge >= 0.3 is 0 Å². The molecule has 0 atom stereocenters. The summed E-state index contributed by atoms with van der Waals surface area (Å²) in [6, 6.07) is 8.97. The number of nitrogens with zero attached hydrogens (tertiary/aromatic N) is 1. The summed E-state index contributed by atoms with van der Waals surface area (Å²) in [6.45, 7) is 4.01. The molecule has 2 nitrogen and oxygen atoms in total. The van der Waals surface area contributed by atoms with E-state index in [4.69, 9.17) is 0 Å². The SMILES string of the molecule is CC(=O)c1c2c(cc3ccc(N4CCCC4)cc13)CCC2. The summed E-state index contributed by atoms with van der Waals surface area (Å²) in [4.78, 5) is 14.7. The molecule has 1 fully saturated rings. The van der Waals surface area contributed by atoms with Gasteiger partial charge in [-0.2, -0.15) is 0 Å². The molecule has 0 unspecified atom stereocenters. The Balaban J connectivity index is 1.94. The Morgan fingerprint density at radius 1 is 1.05 bits per heavy atom. The van der Waals surface area contributed by atoms with Crippen LogP contribution < -0.4 is 4.90 Å². The van der Waals surface area contributed by atoms with Crippen LogP contribution in [0.2, 0.25) is 0 Å². The number of Topliss-reactive ketones (excluding diaryl/α,β-unsaturated/α-hetero) is 1. The van der Waals surface area contributed by atoms with Crippen LogP contribution in [0, 0.1) is 0 Å². The van der Waals surface area contributed by atoms with Crippen molar-refractivity contribution in [2.45, 2.75) is 39.0 Å². The normalized spacial score (nSPS) is 17.5. The Morgan fingerprint density at radius 3 is 2.62 bits per heavy atom. The summed E-state index contributed by atoms with van der Waals surface area (Å²) in [5.41, 5.74) is 4.97. The van der Waals surface area contributed by atoms with Crippen molar-refractivity contribution in [3.05, 3.63) is 41.0 Å². The second-order valence-corrected chi connectivity index (χ2v) is 6.40. The number of carbonyl (C=O) groups is 1. The molecule has 2 aromatic rings. The van der Waals surface area contributed by atoms with Crippen molar-refractivity contribution < 1.29 is 4.79 Å². The van der Waals surface area contributed by atoms with E-state index < -0.39 is 0 Å². The Kier molecular flexibility index (Phi) is 2.99. The second-order valence-electron chi connectivity index (χ2n) is 6.40. The molecule has 0 bridgehead atoms. The van der Waals surface area contributed by atoms with E-state index in [1.807, 2.05) is 0 Å². The predicted octanol–water partition coefficient (Wildman–Crippen LogP) is 4.13. The first-order chi connectivity index (χ1) is 10.2. The lowest BCUT2D eigenvalue weighted by Crippen LogP contribution is -2.17. The van der Waals surface area contributed by atoms with Crippen molar-refractivity contribution in [2.75, 3.05) is 18.0 Å². The number of hydrogen-bond acceptors (Lipinski definition) is 2. The maximum Gasteiger partial charge on any atom is 0.160 e. The van der Waals surface area contributed by atoms with Gasteiger partial charge in [-0.05, 0) is 73.1 Å². The van der Waals surface area contributed by atoms with E-state index in [0.717, 1.165) is 36.9 Å². The molecule has 1 aliphatic carbocycles. The summed E-state index contributed by atoms with van der Waals surface area (Å²) < 4.78 is 0. The molecule has 0 radical (unpaired) electrons. The average molecular weight is 279 g/mol. The van der Waals surface area contributed by atoms with Crippen LogP contribution in [0.4, 0.5) is 5.69 Å². The predicted molar refractivity (Wildman–Crippen MR) is 87.4 cm³/mol. The highest BCUT2D eigenvalue weighted by atomic mass is 16.1. The molecule has 0 spiro atoms. The van der Waals surface area contributed by atoms with E-state index in [9.17, 15) is 4.79 Å². The first-order valence-corrected chi connectivity index (χ1v) is 8.08. The van der Waals surface area contributed by atoms with Crippen LogP contribution in [0.1, 0.15) is 47.7 Å². The quantitative estimate of drug-likeness (QED) is 0.770. The Labute approximate surface area is 125 Å². The molecule has 21 heavy (non-hydrogen) atoms. The van der Waals surface area contributed by atoms with Gasteiger partial charge in [0.2, 0.25) is 0 Å². The number of hydrogen-bond donors (Lipinski definition) is 0. The molecular formula is C19H21NO. The highest BCUT2D eigenvalue weighted by molar-refractivity contribution is 6.09. The zero-order chi connectivity index (χ0) is 14.4. The van der Waals surface area contributed by atoms with Gasteiger partial charge in [-0.25, -0.2) is 0 Å². The smallest absolute Gasteiger partial charge is 0.160 e. The number of ketones is 1. The number of rotatable bonds is 2. The zero-order valence-corrected chi connectivity index (χ0v) is 12.6. The monoisotopic (exact) mass is 279 g/mol. The van der Waals surface area contributed by atoms with Gasteiger partial charge in [0.1, 0.15) is 0 Å². The maximum atomic E-state index is 12.2. The summed E-state index contributed by atoms with van der Waals surface area (Å²) >= 11 is 0. The minimum absolute atomic E-state index is 0.220. The fraction of sp³-hybridized carbons (Fsp3) is 0.421. The zero-order valence-electron chi connectivity index (χ0n) is 12.6. The van der Waals surface area contributed by atoms with Gasteiger partial charge in [0.05, 0.1) is 0 Å². The third-order valence-electron chi connectivity index (χ3n) is 5.02. The molecule has 108 valence electrons. The first kappa shape index (κ1) is 12.9. The lowest BCUT2D eigenvalue weighted by molar-refractivity contribution is 0.101. The van der Waals surface area contributed by atoms with Crippen LogP contribution in [0.5, 0.6) is 0 Å². The number of aryl methyl sites for hydroxylation is 1.